The Morgan fingerprint density at radius 2 is 2.05 bits per heavy atom. The zero-order chi connectivity index (χ0) is 13.7. The zero-order valence-corrected chi connectivity index (χ0v) is 10.5. The molecule has 0 saturated carbocycles. The number of carboxylic acid groups (broad SMARTS) is 1. The lowest BCUT2D eigenvalue weighted by Crippen LogP contribution is -2.39. The highest BCUT2D eigenvalue weighted by atomic mass is 16.4. The number of allylic oxidation sites excluding steroid dienone is 3. The van der Waals surface area contributed by atoms with Gasteiger partial charge >= 0.3 is 5.97 Å². The van der Waals surface area contributed by atoms with Crippen molar-refractivity contribution in [2.24, 2.45) is 0 Å². The number of phenolic OH excluding ortho intramolecular Hbond substituents is 1. The largest absolute Gasteiger partial charge is 0.508 e. The number of hydrogen-bond acceptors (Lipinski definition) is 3. The summed E-state index contributed by atoms with van der Waals surface area (Å²) in [6, 6.07) is 5.99. The number of nitrogens with one attached hydrogen (secondary N) is 1. The Morgan fingerprint density at radius 3 is 2.63 bits per heavy atom. The molecule has 0 bridgehead atoms. The molecule has 2 rings (SSSR count). The summed E-state index contributed by atoms with van der Waals surface area (Å²) < 4.78 is 0. The van der Waals surface area contributed by atoms with Crippen LogP contribution in [0.2, 0.25) is 0 Å². The lowest BCUT2D eigenvalue weighted by Gasteiger charge is -2.15. The lowest BCUT2D eigenvalue weighted by molar-refractivity contribution is -0.139. The van der Waals surface area contributed by atoms with Crippen LogP contribution in [0, 0.1) is 0 Å². The van der Waals surface area contributed by atoms with Crippen molar-refractivity contribution in [1.29, 1.82) is 0 Å². The van der Waals surface area contributed by atoms with Crippen molar-refractivity contribution in [1.82, 2.24) is 5.32 Å². The summed E-state index contributed by atoms with van der Waals surface area (Å²) in [6.45, 7) is 0.585. The smallest absolute Gasteiger partial charge is 0.321 e. The van der Waals surface area contributed by atoms with Crippen LogP contribution in [-0.2, 0) is 11.2 Å². The maximum Gasteiger partial charge on any atom is 0.321 e. The quantitative estimate of drug-likeness (QED) is 0.729. The van der Waals surface area contributed by atoms with Gasteiger partial charge < -0.3 is 15.5 Å². The first-order valence-electron chi connectivity index (χ1n) is 6.24. The van der Waals surface area contributed by atoms with E-state index in [9.17, 15) is 15.0 Å². The van der Waals surface area contributed by atoms with E-state index in [0.29, 0.717) is 13.0 Å². The molecule has 4 heteroatoms. The summed E-state index contributed by atoms with van der Waals surface area (Å²) >= 11 is 0. The number of hydrogen-bond donors (Lipinski definition) is 3. The second kappa shape index (κ2) is 6.20. The maximum atomic E-state index is 11.2. The lowest BCUT2D eigenvalue weighted by atomic mass is 10.1. The molecule has 0 radical (unpaired) electrons. The van der Waals surface area contributed by atoms with Crippen LogP contribution in [0.15, 0.2) is 48.1 Å². The van der Waals surface area contributed by atoms with Gasteiger partial charge in [0, 0.05) is 6.54 Å². The molecule has 0 saturated heterocycles. The van der Waals surface area contributed by atoms with Gasteiger partial charge in [0.25, 0.3) is 0 Å². The first kappa shape index (κ1) is 13.4. The molecule has 1 atom stereocenters. The minimum Gasteiger partial charge on any atom is -0.508 e. The van der Waals surface area contributed by atoms with Crippen molar-refractivity contribution < 1.29 is 15.0 Å². The summed E-state index contributed by atoms with van der Waals surface area (Å²) in [5.41, 5.74) is 2.08. The Balaban J connectivity index is 1.92. The van der Waals surface area contributed by atoms with Gasteiger partial charge in [0.1, 0.15) is 11.8 Å². The zero-order valence-electron chi connectivity index (χ0n) is 10.5. The first-order chi connectivity index (χ1) is 9.15. The molecule has 1 aliphatic carbocycles. The molecule has 0 aliphatic heterocycles. The average molecular weight is 259 g/mol. The van der Waals surface area contributed by atoms with E-state index >= 15 is 0 Å². The van der Waals surface area contributed by atoms with Gasteiger partial charge in [-0.05, 0) is 30.5 Å². The van der Waals surface area contributed by atoms with E-state index in [1.54, 1.807) is 24.3 Å². The molecule has 1 aliphatic rings. The monoisotopic (exact) mass is 259 g/mol. The van der Waals surface area contributed by atoms with Gasteiger partial charge in [0.15, 0.2) is 0 Å². The van der Waals surface area contributed by atoms with Gasteiger partial charge in [-0.2, -0.15) is 0 Å². The Hall–Kier alpha value is -2.07. The topological polar surface area (TPSA) is 69.6 Å². The fraction of sp³-hybridized carbons (Fsp3) is 0.267. The molecule has 0 amide bonds. The van der Waals surface area contributed by atoms with Crippen LogP contribution in [0.4, 0.5) is 0 Å². The fourth-order valence-electron chi connectivity index (χ4n) is 1.99. The van der Waals surface area contributed by atoms with Gasteiger partial charge in [0.05, 0.1) is 0 Å². The van der Waals surface area contributed by atoms with E-state index in [2.05, 4.69) is 5.32 Å². The van der Waals surface area contributed by atoms with E-state index in [4.69, 9.17) is 0 Å². The third kappa shape index (κ3) is 3.96. The number of carbonyl (C=O) groups is 1. The fourth-order valence-corrected chi connectivity index (χ4v) is 1.99. The van der Waals surface area contributed by atoms with Crippen LogP contribution in [0.3, 0.4) is 0 Å². The molecule has 0 spiro atoms. The van der Waals surface area contributed by atoms with Crippen molar-refractivity contribution >= 4 is 5.97 Å². The molecule has 0 fully saturated rings. The van der Waals surface area contributed by atoms with Crippen molar-refractivity contribution in [2.45, 2.75) is 18.9 Å². The third-order valence-electron chi connectivity index (χ3n) is 3.10. The minimum absolute atomic E-state index is 0.186. The summed E-state index contributed by atoms with van der Waals surface area (Å²) in [5, 5.41) is 21.5. The van der Waals surface area contributed by atoms with E-state index in [-0.39, 0.29) is 5.75 Å². The van der Waals surface area contributed by atoms with Gasteiger partial charge in [-0.15, -0.1) is 0 Å². The second-order valence-electron chi connectivity index (χ2n) is 4.60. The molecule has 3 N–H and O–H groups in total. The summed E-state index contributed by atoms with van der Waals surface area (Å²) in [5.74, 6) is -0.676. The van der Waals surface area contributed by atoms with Crippen LogP contribution in [0.25, 0.3) is 0 Å². The molecule has 1 aromatic carbocycles. The Labute approximate surface area is 112 Å². The molecule has 100 valence electrons. The molecule has 1 unspecified atom stereocenters. The maximum absolute atomic E-state index is 11.2. The number of rotatable bonds is 6. The molecular formula is C15H17NO3. The van der Waals surface area contributed by atoms with Crippen molar-refractivity contribution in [3.63, 3.8) is 0 Å². The van der Waals surface area contributed by atoms with Crippen LogP contribution in [0.1, 0.15) is 12.0 Å². The predicted molar refractivity (Wildman–Crippen MR) is 73.1 cm³/mol. The number of benzene rings is 1. The minimum atomic E-state index is -0.861. The van der Waals surface area contributed by atoms with Crippen molar-refractivity contribution in [3.05, 3.63) is 53.6 Å². The molecule has 4 nitrogen and oxygen atoms in total. The third-order valence-corrected chi connectivity index (χ3v) is 3.10. The molecular weight excluding hydrogens is 242 g/mol. The highest BCUT2D eigenvalue weighted by Gasteiger charge is 2.17. The number of phenols is 1. The van der Waals surface area contributed by atoms with Gasteiger partial charge in [-0.1, -0.05) is 35.9 Å². The van der Waals surface area contributed by atoms with Crippen LogP contribution in [0.5, 0.6) is 5.75 Å². The van der Waals surface area contributed by atoms with Crippen molar-refractivity contribution in [2.75, 3.05) is 6.54 Å². The second-order valence-corrected chi connectivity index (χ2v) is 4.60. The SMILES string of the molecule is O=C(O)C(Cc1ccc(O)cc1)NCC1=CC=CC1. The summed E-state index contributed by atoms with van der Waals surface area (Å²) in [6.07, 6.45) is 7.32. The number of aliphatic carboxylic acids is 1. The highest BCUT2D eigenvalue weighted by Crippen LogP contribution is 2.12. The van der Waals surface area contributed by atoms with Crippen LogP contribution < -0.4 is 5.32 Å². The van der Waals surface area contributed by atoms with Crippen LogP contribution >= 0.6 is 0 Å². The normalized spacial score (nSPS) is 15.3. The van der Waals surface area contributed by atoms with E-state index < -0.39 is 12.0 Å². The molecule has 19 heavy (non-hydrogen) atoms. The molecule has 0 aromatic heterocycles. The number of aromatic hydroxyl groups is 1. The van der Waals surface area contributed by atoms with E-state index in [1.165, 1.54) is 5.57 Å². The highest BCUT2D eigenvalue weighted by molar-refractivity contribution is 5.74. The van der Waals surface area contributed by atoms with Crippen LogP contribution in [-0.4, -0.2) is 28.8 Å². The molecule has 0 heterocycles. The van der Waals surface area contributed by atoms with Gasteiger partial charge in [-0.3, -0.25) is 4.79 Å². The van der Waals surface area contributed by atoms with E-state index in [0.717, 1.165) is 12.0 Å². The Bertz CT molecular complexity index is 503. The molecule has 1 aromatic rings. The average Bonchev–Trinajstić information content (AvgIpc) is 2.89. The standard InChI is InChI=1S/C15H17NO3/c17-13-7-5-11(6-8-13)9-14(15(18)19)16-10-12-3-1-2-4-12/h1-3,5-8,14,16-17H,4,9-10H2,(H,18,19). The van der Waals surface area contributed by atoms with Gasteiger partial charge in [0.2, 0.25) is 0 Å². The van der Waals surface area contributed by atoms with Crippen molar-refractivity contribution in [3.8, 4) is 5.75 Å². The van der Waals surface area contributed by atoms with E-state index in [1.807, 2.05) is 18.2 Å². The summed E-state index contributed by atoms with van der Waals surface area (Å²) in [7, 11) is 0. The summed E-state index contributed by atoms with van der Waals surface area (Å²) in [4.78, 5) is 11.2. The number of carboxylic acids is 1. The predicted octanol–water partition coefficient (Wildman–Crippen LogP) is 1.86. The first-order valence-corrected chi connectivity index (χ1v) is 6.24. The Morgan fingerprint density at radius 1 is 1.32 bits per heavy atom. The van der Waals surface area contributed by atoms with Gasteiger partial charge in [-0.25, -0.2) is 0 Å². The Kier molecular flexibility index (Phi) is 4.36.